The molecule has 0 radical (unpaired) electrons. The molecule has 1 N–H and O–H groups in total. The van der Waals surface area contributed by atoms with Gasteiger partial charge in [0.05, 0.1) is 0 Å². The smallest absolute Gasteiger partial charge is 0.223 e. The first kappa shape index (κ1) is 18.9. The molecule has 0 saturated carbocycles. The van der Waals surface area contributed by atoms with E-state index in [-0.39, 0.29) is 24.5 Å². The van der Waals surface area contributed by atoms with E-state index < -0.39 is 0 Å². The van der Waals surface area contributed by atoms with E-state index in [0.29, 0.717) is 11.5 Å². The molecule has 1 fully saturated rings. The largest absolute Gasteiger partial charge is 0.360 e. The van der Waals surface area contributed by atoms with E-state index in [9.17, 15) is 9.59 Å². The summed E-state index contributed by atoms with van der Waals surface area (Å²) in [6.45, 7) is 1.54. The molecule has 4 rings (SSSR count). The number of rotatable bonds is 5. The Labute approximate surface area is 173 Å². The number of ketones is 1. The van der Waals surface area contributed by atoms with Crippen molar-refractivity contribution in [3.8, 4) is 0 Å². The normalized spacial score (nSPS) is 15.1. The number of benzene rings is 2. The number of hydrogen-bond donors (Lipinski definition) is 1. The van der Waals surface area contributed by atoms with Gasteiger partial charge in [-0.05, 0) is 42.5 Å². The molecule has 1 amide bonds. The lowest BCUT2D eigenvalue weighted by atomic mass is 9.89. The second-order valence-corrected chi connectivity index (χ2v) is 8.30. The van der Waals surface area contributed by atoms with E-state index in [1.807, 2.05) is 29.2 Å². The quantitative estimate of drug-likeness (QED) is 0.549. The van der Waals surface area contributed by atoms with Crippen LogP contribution in [0.4, 0.5) is 0 Å². The van der Waals surface area contributed by atoms with Crippen LogP contribution in [0, 0.1) is 0 Å². The minimum atomic E-state index is 0.0110. The number of hydrogen-bond acceptors (Lipinski definition) is 2. The minimum absolute atomic E-state index is 0.0110. The van der Waals surface area contributed by atoms with Gasteiger partial charge in [-0.2, -0.15) is 0 Å². The van der Waals surface area contributed by atoms with Crippen LogP contribution in [0.1, 0.15) is 47.5 Å². The lowest BCUT2D eigenvalue weighted by molar-refractivity contribution is -0.132. The van der Waals surface area contributed by atoms with Gasteiger partial charge in [-0.3, -0.25) is 9.59 Å². The van der Waals surface area contributed by atoms with E-state index in [2.05, 4.69) is 45.2 Å². The number of halogens is 1. The van der Waals surface area contributed by atoms with Crippen molar-refractivity contribution in [2.45, 2.75) is 31.6 Å². The van der Waals surface area contributed by atoms with Gasteiger partial charge in [0.15, 0.2) is 5.78 Å². The first-order valence-electron chi connectivity index (χ1n) is 9.74. The molecule has 2 heterocycles. The molecule has 1 aliphatic rings. The fourth-order valence-electron chi connectivity index (χ4n) is 4.02. The molecule has 5 heteroatoms. The molecule has 1 aliphatic heterocycles. The van der Waals surface area contributed by atoms with Gasteiger partial charge in [0, 0.05) is 53.1 Å². The van der Waals surface area contributed by atoms with E-state index >= 15 is 0 Å². The Bertz CT molecular complexity index is 988. The molecule has 1 aromatic heterocycles. The summed E-state index contributed by atoms with van der Waals surface area (Å²) in [5, 5.41) is 0.899. The Morgan fingerprint density at radius 2 is 1.79 bits per heavy atom. The van der Waals surface area contributed by atoms with Crippen LogP contribution in [0.5, 0.6) is 0 Å². The number of aromatic nitrogens is 1. The third-order valence-electron chi connectivity index (χ3n) is 5.63. The minimum Gasteiger partial charge on any atom is -0.360 e. The van der Waals surface area contributed by atoms with E-state index in [4.69, 9.17) is 0 Å². The van der Waals surface area contributed by atoms with E-state index in [0.717, 1.165) is 41.3 Å². The number of amides is 1. The van der Waals surface area contributed by atoms with Crippen molar-refractivity contribution in [1.29, 1.82) is 0 Å². The third-order valence-corrected chi connectivity index (χ3v) is 6.12. The zero-order valence-corrected chi connectivity index (χ0v) is 17.2. The van der Waals surface area contributed by atoms with Crippen molar-refractivity contribution in [2.75, 3.05) is 13.1 Å². The highest BCUT2D eigenvalue weighted by atomic mass is 79.9. The number of carbonyl (C=O) groups excluding carboxylic acids is 2. The van der Waals surface area contributed by atoms with Crippen LogP contribution < -0.4 is 0 Å². The highest BCUT2D eigenvalue weighted by Crippen LogP contribution is 2.28. The van der Waals surface area contributed by atoms with E-state index in [1.54, 1.807) is 6.20 Å². The van der Waals surface area contributed by atoms with Crippen LogP contribution in [-0.4, -0.2) is 34.7 Å². The molecule has 144 valence electrons. The molecule has 0 bridgehead atoms. The average Bonchev–Trinajstić information content (AvgIpc) is 3.15. The summed E-state index contributed by atoms with van der Waals surface area (Å²) in [5.74, 6) is 0.620. The fraction of sp³-hybridized carbons (Fsp3) is 0.304. The maximum atomic E-state index is 12.6. The summed E-state index contributed by atoms with van der Waals surface area (Å²) in [4.78, 5) is 30.3. The molecule has 0 atom stereocenters. The number of H-pyrrole nitrogens is 1. The summed E-state index contributed by atoms with van der Waals surface area (Å²) in [7, 11) is 0. The number of carbonyl (C=O) groups is 2. The van der Waals surface area contributed by atoms with Crippen molar-refractivity contribution in [3.63, 3.8) is 0 Å². The molecular weight excluding hydrogens is 416 g/mol. The average molecular weight is 439 g/mol. The molecular formula is C23H23BrN2O2. The van der Waals surface area contributed by atoms with Crippen molar-refractivity contribution in [1.82, 2.24) is 9.88 Å². The molecule has 0 spiro atoms. The van der Waals surface area contributed by atoms with Gasteiger partial charge in [-0.15, -0.1) is 0 Å². The monoisotopic (exact) mass is 438 g/mol. The standard InChI is InChI=1S/C23H23BrN2O2/c24-18-6-7-21-19(14-18)20(15-25-21)22(27)8-9-23(28)26-12-10-17(11-13-26)16-4-2-1-3-5-16/h1-7,14-15,17,25H,8-13H2. The van der Waals surface area contributed by atoms with Crippen molar-refractivity contribution in [2.24, 2.45) is 0 Å². The highest BCUT2D eigenvalue weighted by molar-refractivity contribution is 9.10. The Morgan fingerprint density at radius 3 is 2.54 bits per heavy atom. The summed E-state index contributed by atoms with van der Waals surface area (Å²) < 4.78 is 0.936. The highest BCUT2D eigenvalue weighted by Gasteiger charge is 2.24. The summed E-state index contributed by atoms with van der Waals surface area (Å²) in [6, 6.07) is 16.3. The SMILES string of the molecule is O=C(CCC(=O)N1CCC(c2ccccc2)CC1)c1c[nH]c2ccc(Br)cc12. The van der Waals surface area contributed by atoms with Gasteiger partial charge in [0.2, 0.25) is 5.91 Å². The summed E-state index contributed by atoms with van der Waals surface area (Å²) >= 11 is 3.45. The van der Waals surface area contributed by atoms with Crippen LogP contribution in [0.15, 0.2) is 59.2 Å². The van der Waals surface area contributed by atoms with Gasteiger partial charge in [0.25, 0.3) is 0 Å². The van der Waals surface area contributed by atoms with Crippen molar-refractivity contribution < 1.29 is 9.59 Å². The molecule has 2 aromatic carbocycles. The third kappa shape index (κ3) is 4.04. The number of nitrogens with one attached hydrogen (secondary N) is 1. The fourth-order valence-corrected chi connectivity index (χ4v) is 4.39. The van der Waals surface area contributed by atoms with Crippen molar-refractivity contribution >= 4 is 38.5 Å². The zero-order chi connectivity index (χ0) is 19.5. The number of piperidine rings is 1. The second kappa shape index (κ2) is 8.31. The van der Waals surface area contributed by atoms with Gasteiger partial charge in [-0.25, -0.2) is 0 Å². The van der Waals surface area contributed by atoms with Gasteiger partial charge in [-0.1, -0.05) is 46.3 Å². The summed E-state index contributed by atoms with van der Waals surface area (Å²) in [5.41, 5.74) is 2.95. The van der Waals surface area contributed by atoms with Crippen LogP contribution in [0.2, 0.25) is 0 Å². The van der Waals surface area contributed by atoms with Crippen LogP contribution in [0.25, 0.3) is 10.9 Å². The van der Waals surface area contributed by atoms with Crippen LogP contribution in [0.3, 0.4) is 0 Å². The molecule has 4 nitrogen and oxygen atoms in total. The van der Waals surface area contributed by atoms with Gasteiger partial charge < -0.3 is 9.88 Å². The Hall–Kier alpha value is -2.40. The first-order valence-corrected chi connectivity index (χ1v) is 10.5. The Balaban J connectivity index is 1.32. The number of fused-ring (bicyclic) bond motifs is 1. The van der Waals surface area contributed by atoms with Gasteiger partial charge in [0.1, 0.15) is 0 Å². The van der Waals surface area contributed by atoms with E-state index in [1.165, 1.54) is 5.56 Å². The van der Waals surface area contributed by atoms with Crippen LogP contribution >= 0.6 is 15.9 Å². The molecule has 0 aliphatic carbocycles. The van der Waals surface area contributed by atoms with Gasteiger partial charge >= 0.3 is 0 Å². The molecule has 0 unspecified atom stereocenters. The molecule has 28 heavy (non-hydrogen) atoms. The molecule has 1 saturated heterocycles. The predicted octanol–water partition coefficient (Wildman–Crippen LogP) is 5.30. The maximum Gasteiger partial charge on any atom is 0.223 e. The second-order valence-electron chi connectivity index (χ2n) is 7.38. The topological polar surface area (TPSA) is 53.2 Å². The predicted molar refractivity (Wildman–Crippen MR) is 115 cm³/mol. The lowest BCUT2D eigenvalue weighted by Crippen LogP contribution is -2.38. The van der Waals surface area contributed by atoms with Crippen molar-refractivity contribution in [3.05, 3.63) is 70.3 Å². The summed E-state index contributed by atoms with van der Waals surface area (Å²) in [6.07, 6.45) is 4.24. The maximum absolute atomic E-state index is 12.6. The zero-order valence-electron chi connectivity index (χ0n) is 15.7. The number of aromatic amines is 1. The number of nitrogens with zero attached hydrogens (tertiary/aromatic N) is 1. The Morgan fingerprint density at radius 1 is 1.04 bits per heavy atom. The number of likely N-dealkylation sites (tertiary alicyclic amines) is 1. The Kier molecular flexibility index (Phi) is 5.62. The molecule has 3 aromatic rings. The lowest BCUT2D eigenvalue weighted by Gasteiger charge is -2.32. The number of Topliss-reactive ketones (excluding diaryl/α,β-unsaturated/α-hetero) is 1. The first-order chi connectivity index (χ1) is 13.6. The van der Waals surface area contributed by atoms with Crippen LogP contribution in [-0.2, 0) is 4.79 Å².